The predicted molar refractivity (Wildman–Crippen MR) is 69.4 cm³/mol. The molecule has 5 N–H and O–H groups in total. The lowest BCUT2D eigenvalue weighted by Crippen LogP contribution is -2.14. The molecule has 0 aliphatic rings. The van der Waals surface area contributed by atoms with E-state index in [-0.39, 0.29) is 5.69 Å². The first-order valence-corrected chi connectivity index (χ1v) is 5.32. The number of aryl methyl sites for hydroxylation is 1. The van der Waals surface area contributed by atoms with Crippen molar-refractivity contribution in [1.29, 1.82) is 0 Å². The molecule has 0 atom stereocenters. The summed E-state index contributed by atoms with van der Waals surface area (Å²) in [7, 11) is 0. The van der Waals surface area contributed by atoms with Crippen molar-refractivity contribution in [3.63, 3.8) is 0 Å². The Labute approximate surface area is 104 Å². The zero-order valence-corrected chi connectivity index (χ0v) is 9.84. The summed E-state index contributed by atoms with van der Waals surface area (Å²) in [6, 6.07) is 4.93. The van der Waals surface area contributed by atoms with Gasteiger partial charge in [-0.2, -0.15) is 0 Å². The highest BCUT2D eigenvalue weighted by Crippen LogP contribution is 2.22. The number of anilines is 3. The van der Waals surface area contributed by atoms with Crippen LogP contribution >= 0.6 is 0 Å². The highest BCUT2D eigenvalue weighted by Gasteiger charge is 2.08. The Morgan fingerprint density at radius 3 is 2.78 bits per heavy atom. The molecule has 2 aromatic heterocycles. The van der Waals surface area contributed by atoms with E-state index in [0.717, 1.165) is 11.3 Å². The fourth-order valence-corrected chi connectivity index (χ4v) is 1.43. The average Bonchev–Trinajstić information content (AvgIpc) is 2.34. The number of nitrogens with one attached hydrogen (secondary N) is 1. The molecule has 0 aliphatic heterocycles. The molecule has 0 radical (unpaired) electrons. The van der Waals surface area contributed by atoms with E-state index in [4.69, 9.17) is 11.5 Å². The molecule has 18 heavy (non-hydrogen) atoms. The largest absolute Gasteiger partial charge is 0.396 e. The maximum absolute atomic E-state index is 11.1. The van der Waals surface area contributed by atoms with Gasteiger partial charge in [0, 0.05) is 6.20 Å². The van der Waals surface area contributed by atoms with Crippen LogP contribution in [0.25, 0.3) is 0 Å². The molecule has 0 bridgehead atoms. The van der Waals surface area contributed by atoms with Gasteiger partial charge in [0.05, 0.1) is 17.6 Å². The van der Waals surface area contributed by atoms with Gasteiger partial charge in [0.1, 0.15) is 5.69 Å². The number of rotatable bonds is 3. The van der Waals surface area contributed by atoms with Crippen molar-refractivity contribution in [3.8, 4) is 0 Å². The second-order valence-electron chi connectivity index (χ2n) is 3.81. The van der Waals surface area contributed by atoms with E-state index in [2.05, 4.69) is 15.3 Å². The number of aromatic nitrogens is 2. The summed E-state index contributed by atoms with van der Waals surface area (Å²) in [5, 5.41) is 3.03. The molecule has 0 unspecified atom stereocenters. The minimum Gasteiger partial charge on any atom is -0.396 e. The van der Waals surface area contributed by atoms with E-state index in [1.54, 1.807) is 18.5 Å². The third-order valence-corrected chi connectivity index (χ3v) is 2.47. The van der Waals surface area contributed by atoms with Crippen LogP contribution in [0.4, 0.5) is 17.2 Å². The van der Waals surface area contributed by atoms with Crippen molar-refractivity contribution in [3.05, 3.63) is 41.9 Å². The predicted octanol–water partition coefficient (Wildman–Crippen LogP) is 1.21. The van der Waals surface area contributed by atoms with Gasteiger partial charge in [0.25, 0.3) is 5.91 Å². The lowest BCUT2D eigenvalue weighted by Gasteiger charge is -2.10. The fourth-order valence-electron chi connectivity index (χ4n) is 1.43. The van der Waals surface area contributed by atoms with Crippen molar-refractivity contribution in [1.82, 2.24) is 9.97 Å². The van der Waals surface area contributed by atoms with Gasteiger partial charge in [-0.25, -0.2) is 4.98 Å². The molecular formula is C12H13N5O. The van der Waals surface area contributed by atoms with Crippen LogP contribution in [-0.2, 0) is 0 Å². The second-order valence-corrected chi connectivity index (χ2v) is 3.81. The lowest BCUT2D eigenvalue weighted by molar-refractivity contribution is 0.0996. The monoisotopic (exact) mass is 243 g/mol. The van der Waals surface area contributed by atoms with E-state index < -0.39 is 5.91 Å². The Morgan fingerprint density at radius 1 is 1.33 bits per heavy atom. The van der Waals surface area contributed by atoms with E-state index >= 15 is 0 Å². The third-order valence-electron chi connectivity index (χ3n) is 2.47. The van der Waals surface area contributed by atoms with Crippen LogP contribution in [0.3, 0.4) is 0 Å². The summed E-state index contributed by atoms with van der Waals surface area (Å²) >= 11 is 0. The topological polar surface area (TPSA) is 107 Å². The number of hydrogen-bond donors (Lipinski definition) is 3. The van der Waals surface area contributed by atoms with Gasteiger partial charge >= 0.3 is 0 Å². The molecule has 0 aliphatic carbocycles. The molecular weight excluding hydrogens is 230 g/mol. The molecule has 0 aromatic carbocycles. The van der Waals surface area contributed by atoms with Crippen LogP contribution in [0.15, 0.2) is 30.6 Å². The summed E-state index contributed by atoms with van der Waals surface area (Å²) in [4.78, 5) is 19.1. The number of hydrogen-bond acceptors (Lipinski definition) is 5. The normalized spacial score (nSPS) is 10.1. The Hall–Kier alpha value is -2.63. The Morgan fingerprint density at radius 2 is 2.11 bits per heavy atom. The maximum atomic E-state index is 11.1. The van der Waals surface area contributed by atoms with Gasteiger partial charge < -0.3 is 16.8 Å². The molecule has 2 aromatic rings. The molecule has 6 nitrogen and oxygen atoms in total. The van der Waals surface area contributed by atoms with Crippen molar-refractivity contribution < 1.29 is 4.79 Å². The molecule has 1 amide bonds. The van der Waals surface area contributed by atoms with Crippen molar-refractivity contribution in [2.45, 2.75) is 6.92 Å². The van der Waals surface area contributed by atoms with Crippen LogP contribution < -0.4 is 16.8 Å². The van der Waals surface area contributed by atoms with Gasteiger partial charge in [-0.15, -0.1) is 0 Å². The third kappa shape index (κ3) is 2.37. The molecule has 92 valence electrons. The van der Waals surface area contributed by atoms with Crippen LogP contribution in [-0.4, -0.2) is 15.9 Å². The zero-order valence-electron chi connectivity index (χ0n) is 9.84. The molecule has 0 fully saturated rings. The SMILES string of the molecule is Cc1ccncc1Nc1nc(C(N)=O)ccc1N. The van der Waals surface area contributed by atoms with E-state index in [0.29, 0.717) is 11.5 Å². The van der Waals surface area contributed by atoms with Crippen molar-refractivity contribution in [2.24, 2.45) is 5.73 Å². The Balaban J connectivity index is 2.37. The van der Waals surface area contributed by atoms with Crippen LogP contribution in [0.1, 0.15) is 16.1 Å². The summed E-state index contributed by atoms with van der Waals surface area (Å²) in [5.41, 5.74) is 13.3. The van der Waals surface area contributed by atoms with Gasteiger partial charge in [-0.1, -0.05) is 0 Å². The average molecular weight is 243 g/mol. The molecule has 0 saturated carbocycles. The first kappa shape index (κ1) is 11.8. The second kappa shape index (κ2) is 4.70. The first-order chi connectivity index (χ1) is 8.58. The summed E-state index contributed by atoms with van der Waals surface area (Å²) in [6.07, 6.45) is 3.35. The molecule has 2 rings (SSSR count). The lowest BCUT2D eigenvalue weighted by atomic mass is 10.2. The molecule has 6 heteroatoms. The zero-order chi connectivity index (χ0) is 13.1. The fraction of sp³-hybridized carbons (Fsp3) is 0.0833. The van der Waals surface area contributed by atoms with E-state index in [1.165, 1.54) is 6.07 Å². The Bertz CT molecular complexity index is 597. The van der Waals surface area contributed by atoms with E-state index in [1.807, 2.05) is 13.0 Å². The molecule has 2 heterocycles. The quantitative estimate of drug-likeness (QED) is 0.751. The van der Waals surface area contributed by atoms with Crippen LogP contribution in [0.2, 0.25) is 0 Å². The van der Waals surface area contributed by atoms with Gasteiger partial charge in [0.2, 0.25) is 0 Å². The highest BCUT2D eigenvalue weighted by atomic mass is 16.1. The molecule has 0 saturated heterocycles. The number of nitrogens with zero attached hydrogens (tertiary/aromatic N) is 2. The number of nitrogens with two attached hydrogens (primary N) is 2. The number of amides is 1. The van der Waals surface area contributed by atoms with Gasteiger partial charge in [-0.05, 0) is 30.7 Å². The Kier molecular flexibility index (Phi) is 3.09. The smallest absolute Gasteiger partial charge is 0.267 e. The number of primary amides is 1. The molecule has 0 spiro atoms. The van der Waals surface area contributed by atoms with Crippen molar-refractivity contribution in [2.75, 3.05) is 11.1 Å². The first-order valence-electron chi connectivity index (χ1n) is 5.32. The van der Waals surface area contributed by atoms with E-state index in [9.17, 15) is 4.79 Å². The number of carbonyl (C=O) groups is 1. The van der Waals surface area contributed by atoms with Gasteiger partial charge in [0.15, 0.2) is 5.82 Å². The minimum absolute atomic E-state index is 0.160. The minimum atomic E-state index is -0.596. The standard InChI is InChI=1S/C12H13N5O/c1-7-4-5-15-6-10(7)17-12-8(13)2-3-9(16-12)11(14)18/h2-6H,13H2,1H3,(H2,14,18)(H,16,17). The van der Waals surface area contributed by atoms with Crippen LogP contribution in [0, 0.1) is 6.92 Å². The maximum Gasteiger partial charge on any atom is 0.267 e. The number of pyridine rings is 2. The highest BCUT2D eigenvalue weighted by molar-refractivity contribution is 5.92. The summed E-state index contributed by atoms with van der Waals surface area (Å²) in [5.74, 6) is -0.205. The van der Waals surface area contributed by atoms with Gasteiger partial charge in [-0.3, -0.25) is 9.78 Å². The number of carbonyl (C=O) groups excluding carboxylic acids is 1. The summed E-state index contributed by atoms with van der Waals surface area (Å²) in [6.45, 7) is 1.93. The number of nitrogen functional groups attached to an aromatic ring is 1. The van der Waals surface area contributed by atoms with Crippen molar-refractivity contribution >= 4 is 23.1 Å². The van der Waals surface area contributed by atoms with Crippen LogP contribution in [0.5, 0.6) is 0 Å². The summed E-state index contributed by atoms with van der Waals surface area (Å²) < 4.78 is 0.